The lowest BCUT2D eigenvalue weighted by atomic mass is 9.85. The van der Waals surface area contributed by atoms with Gasteiger partial charge in [-0.15, -0.1) is 0 Å². The molecule has 0 aromatic heterocycles. The van der Waals surface area contributed by atoms with Crippen molar-refractivity contribution in [3.05, 3.63) is 29.6 Å². The summed E-state index contributed by atoms with van der Waals surface area (Å²) in [4.78, 5) is 22.3. The van der Waals surface area contributed by atoms with Gasteiger partial charge in [-0.1, -0.05) is 6.07 Å². The molecule has 1 unspecified atom stereocenters. The number of amides is 1. The van der Waals surface area contributed by atoms with Crippen LogP contribution in [0.15, 0.2) is 18.2 Å². The second kappa shape index (κ2) is 6.11. The van der Waals surface area contributed by atoms with Gasteiger partial charge in [-0.2, -0.15) is 0 Å². The molecule has 1 amide bonds. The van der Waals surface area contributed by atoms with Crippen molar-refractivity contribution in [2.24, 2.45) is 0 Å². The van der Waals surface area contributed by atoms with Crippen LogP contribution in [0.1, 0.15) is 31.2 Å². The van der Waals surface area contributed by atoms with E-state index in [-0.39, 0.29) is 18.1 Å². The average molecular weight is 295 g/mol. The molecule has 6 heteroatoms. The molecule has 1 heterocycles. The Balaban J connectivity index is 2.18. The Morgan fingerprint density at radius 3 is 2.86 bits per heavy atom. The van der Waals surface area contributed by atoms with E-state index < -0.39 is 17.3 Å². The van der Waals surface area contributed by atoms with Crippen LogP contribution in [0.5, 0.6) is 5.75 Å². The Morgan fingerprint density at radius 1 is 1.52 bits per heavy atom. The molecule has 0 radical (unpaired) electrons. The van der Waals surface area contributed by atoms with Gasteiger partial charge in [0, 0.05) is 18.4 Å². The van der Waals surface area contributed by atoms with E-state index in [2.05, 4.69) is 5.32 Å². The Morgan fingerprint density at radius 2 is 2.29 bits per heavy atom. The van der Waals surface area contributed by atoms with E-state index in [1.54, 1.807) is 12.1 Å². The van der Waals surface area contributed by atoms with Crippen LogP contribution < -0.4 is 10.1 Å². The molecule has 5 nitrogen and oxygen atoms in total. The molecule has 1 aromatic carbocycles. The smallest absolute Gasteiger partial charge is 0.303 e. The van der Waals surface area contributed by atoms with Gasteiger partial charge in [0.25, 0.3) is 0 Å². The van der Waals surface area contributed by atoms with Crippen molar-refractivity contribution in [1.29, 1.82) is 0 Å². The molecule has 2 rings (SSSR count). The number of hydrogen-bond acceptors (Lipinski definition) is 3. The van der Waals surface area contributed by atoms with Crippen molar-refractivity contribution in [2.75, 3.05) is 7.11 Å². The minimum absolute atomic E-state index is 0.0153. The number of carboxylic acid groups (broad SMARTS) is 1. The molecule has 0 saturated carbocycles. The fourth-order valence-corrected chi connectivity index (χ4v) is 2.73. The molecule has 1 aliphatic heterocycles. The highest BCUT2D eigenvalue weighted by Gasteiger charge is 2.38. The van der Waals surface area contributed by atoms with E-state index in [1.807, 2.05) is 0 Å². The standard InChI is InChI=1S/C15H18FNO4/c1-21-12-8-10(2-3-11(12)16)9-15(7-5-14(19)20)6-4-13(18)17-15/h2-3,8H,4-7,9H2,1H3,(H,17,18)(H,19,20). The molecular weight excluding hydrogens is 277 g/mol. The summed E-state index contributed by atoms with van der Waals surface area (Å²) < 4.78 is 18.4. The van der Waals surface area contributed by atoms with E-state index >= 15 is 0 Å². The van der Waals surface area contributed by atoms with E-state index in [9.17, 15) is 14.0 Å². The zero-order chi connectivity index (χ0) is 15.5. The van der Waals surface area contributed by atoms with Crippen LogP contribution >= 0.6 is 0 Å². The molecule has 1 aliphatic rings. The molecule has 1 atom stereocenters. The van der Waals surface area contributed by atoms with Gasteiger partial charge in [0.05, 0.1) is 7.11 Å². The van der Waals surface area contributed by atoms with Gasteiger partial charge in [0.15, 0.2) is 11.6 Å². The Bertz CT molecular complexity index is 561. The quantitative estimate of drug-likeness (QED) is 0.840. The summed E-state index contributed by atoms with van der Waals surface area (Å²) in [6, 6.07) is 4.53. The number of ether oxygens (including phenoxy) is 1. The lowest BCUT2D eigenvalue weighted by molar-refractivity contribution is -0.137. The van der Waals surface area contributed by atoms with E-state index in [0.29, 0.717) is 25.7 Å². The van der Waals surface area contributed by atoms with Gasteiger partial charge in [0.2, 0.25) is 5.91 Å². The predicted molar refractivity (Wildman–Crippen MR) is 73.6 cm³/mol. The summed E-state index contributed by atoms with van der Waals surface area (Å²) >= 11 is 0. The molecule has 0 bridgehead atoms. The van der Waals surface area contributed by atoms with Crippen LogP contribution in [0.2, 0.25) is 0 Å². The van der Waals surface area contributed by atoms with Crippen molar-refractivity contribution in [3.63, 3.8) is 0 Å². The highest BCUT2D eigenvalue weighted by molar-refractivity contribution is 5.79. The number of methoxy groups -OCH3 is 1. The van der Waals surface area contributed by atoms with Crippen molar-refractivity contribution in [3.8, 4) is 5.75 Å². The summed E-state index contributed by atoms with van der Waals surface area (Å²) in [5.41, 5.74) is 0.235. The van der Waals surface area contributed by atoms with E-state index in [4.69, 9.17) is 9.84 Å². The van der Waals surface area contributed by atoms with Crippen molar-refractivity contribution >= 4 is 11.9 Å². The molecule has 1 aromatic rings. The fraction of sp³-hybridized carbons (Fsp3) is 0.467. The number of hydrogen-bond donors (Lipinski definition) is 2. The van der Waals surface area contributed by atoms with Crippen molar-refractivity contribution < 1.29 is 23.8 Å². The van der Waals surface area contributed by atoms with Crippen molar-refractivity contribution in [1.82, 2.24) is 5.32 Å². The number of carbonyl (C=O) groups excluding carboxylic acids is 1. The van der Waals surface area contributed by atoms with Gasteiger partial charge in [-0.25, -0.2) is 4.39 Å². The maximum absolute atomic E-state index is 13.4. The number of benzene rings is 1. The summed E-state index contributed by atoms with van der Waals surface area (Å²) in [7, 11) is 1.39. The second-order valence-electron chi connectivity index (χ2n) is 5.37. The third-order valence-electron chi connectivity index (χ3n) is 3.81. The third kappa shape index (κ3) is 3.71. The predicted octanol–water partition coefficient (Wildman–Crippen LogP) is 1.89. The molecule has 0 spiro atoms. The summed E-state index contributed by atoms with van der Waals surface area (Å²) in [5.74, 6) is -1.27. The van der Waals surface area contributed by atoms with Crippen LogP contribution in [-0.4, -0.2) is 29.6 Å². The van der Waals surface area contributed by atoms with Crippen LogP contribution in [0.3, 0.4) is 0 Å². The Kier molecular flexibility index (Phi) is 4.45. The highest BCUT2D eigenvalue weighted by Crippen LogP contribution is 2.31. The second-order valence-corrected chi connectivity index (χ2v) is 5.37. The fourth-order valence-electron chi connectivity index (χ4n) is 2.73. The molecule has 0 aliphatic carbocycles. The number of halogens is 1. The first-order chi connectivity index (χ1) is 9.94. The van der Waals surface area contributed by atoms with Crippen LogP contribution in [-0.2, 0) is 16.0 Å². The largest absolute Gasteiger partial charge is 0.494 e. The number of carboxylic acids is 1. The SMILES string of the molecule is COc1cc(CC2(CCC(=O)O)CCC(=O)N2)ccc1F. The normalized spacial score (nSPS) is 21.1. The first-order valence-corrected chi connectivity index (χ1v) is 6.79. The average Bonchev–Trinajstić information content (AvgIpc) is 2.80. The molecule has 21 heavy (non-hydrogen) atoms. The van der Waals surface area contributed by atoms with Gasteiger partial charge in [-0.05, 0) is 37.0 Å². The summed E-state index contributed by atoms with van der Waals surface area (Å²) in [6.07, 6.45) is 1.77. The van der Waals surface area contributed by atoms with Crippen LogP contribution in [0.25, 0.3) is 0 Å². The van der Waals surface area contributed by atoms with Crippen molar-refractivity contribution in [2.45, 2.75) is 37.6 Å². The first kappa shape index (κ1) is 15.3. The maximum Gasteiger partial charge on any atom is 0.303 e. The highest BCUT2D eigenvalue weighted by atomic mass is 19.1. The van der Waals surface area contributed by atoms with Gasteiger partial charge in [0.1, 0.15) is 0 Å². The number of nitrogens with one attached hydrogen (secondary N) is 1. The monoisotopic (exact) mass is 295 g/mol. The first-order valence-electron chi connectivity index (χ1n) is 6.79. The Hall–Kier alpha value is -2.11. The van der Waals surface area contributed by atoms with E-state index in [1.165, 1.54) is 13.2 Å². The van der Waals surface area contributed by atoms with Gasteiger partial charge < -0.3 is 15.2 Å². The zero-order valence-electron chi connectivity index (χ0n) is 11.8. The Labute approximate surface area is 122 Å². The van der Waals surface area contributed by atoms with E-state index in [0.717, 1.165) is 5.56 Å². The zero-order valence-corrected chi connectivity index (χ0v) is 11.8. The molecule has 1 saturated heterocycles. The number of carbonyl (C=O) groups is 2. The lowest BCUT2D eigenvalue weighted by Gasteiger charge is -2.29. The minimum atomic E-state index is -0.896. The summed E-state index contributed by atoms with van der Waals surface area (Å²) in [6.45, 7) is 0. The van der Waals surface area contributed by atoms with Gasteiger partial charge in [-0.3, -0.25) is 9.59 Å². The van der Waals surface area contributed by atoms with Crippen LogP contribution in [0, 0.1) is 5.82 Å². The third-order valence-corrected chi connectivity index (χ3v) is 3.81. The van der Waals surface area contributed by atoms with Crippen LogP contribution in [0.4, 0.5) is 4.39 Å². The number of aliphatic carboxylic acids is 1. The molecule has 114 valence electrons. The molecule has 2 N–H and O–H groups in total. The topological polar surface area (TPSA) is 75.6 Å². The molecule has 1 fully saturated rings. The number of rotatable bonds is 6. The summed E-state index contributed by atoms with van der Waals surface area (Å²) in [5, 5.41) is 11.7. The minimum Gasteiger partial charge on any atom is -0.494 e. The molecular formula is C15H18FNO4. The van der Waals surface area contributed by atoms with Gasteiger partial charge >= 0.3 is 5.97 Å². The lowest BCUT2D eigenvalue weighted by Crippen LogP contribution is -2.44. The maximum atomic E-state index is 13.4.